The summed E-state index contributed by atoms with van der Waals surface area (Å²) in [5, 5.41) is 32.1. The number of nitriles is 1. The van der Waals surface area contributed by atoms with Gasteiger partial charge < -0.3 is 28.6 Å². The summed E-state index contributed by atoms with van der Waals surface area (Å²) in [5.41, 5.74) is 7.05. The van der Waals surface area contributed by atoms with Gasteiger partial charge in [0.25, 0.3) is 11.8 Å². The first kappa shape index (κ1) is 65.3. The Bertz CT molecular complexity index is 5070. The van der Waals surface area contributed by atoms with E-state index < -0.39 is 81.1 Å². The van der Waals surface area contributed by atoms with E-state index in [2.05, 4.69) is 19.9 Å². The van der Waals surface area contributed by atoms with Crippen LogP contribution in [0.5, 0.6) is 11.5 Å². The molecule has 0 saturated heterocycles. The van der Waals surface area contributed by atoms with Gasteiger partial charge in [-0.2, -0.15) is 22.8 Å². The Balaban J connectivity index is 1.28. The van der Waals surface area contributed by atoms with Crippen LogP contribution in [0.4, 0.5) is 35.1 Å². The van der Waals surface area contributed by atoms with E-state index in [1.807, 2.05) is 184 Å². The number of alkyl halides is 8. The van der Waals surface area contributed by atoms with Gasteiger partial charge in [0, 0.05) is 50.8 Å². The van der Waals surface area contributed by atoms with E-state index in [9.17, 15) is 39.0 Å². The van der Waals surface area contributed by atoms with E-state index >= 15 is 17.6 Å². The molecule has 0 spiro atoms. The highest BCUT2D eigenvalue weighted by molar-refractivity contribution is 7.20. The van der Waals surface area contributed by atoms with E-state index in [-0.39, 0.29) is 43.4 Å². The predicted octanol–water partition coefficient (Wildman–Crippen LogP) is 13.3. The number of hydrogen-bond donors (Lipinski definition) is 2. The average Bonchev–Trinajstić information content (AvgIpc) is 1.52. The SMILES string of the molecule is [C-]#[N+]/C(c1nc2cc(OCC(F)(F)CC(F)(F)C(=O)O)ccc2s1)=c1\c2c(-c3ccccc3C)n(B(c3ccccc3)c3ccccc3)/c(=C(/C#N)c3nc4cc(OC(F)(F)CC(F)(F)CC(=O)O)ccc4s3)c2c(-c2ccccc2C)n1B(c1ccccc1)c1ccccc1. The highest BCUT2D eigenvalue weighted by atomic mass is 32.1. The van der Waals surface area contributed by atoms with Gasteiger partial charge in [-0.25, -0.2) is 37.2 Å². The lowest BCUT2D eigenvalue weighted by Gasteiger charge is -2.25. The molecule has 0 aliphatic carbocycles. The smallest absolute Gasteiger partial charge is 0.403 e. The number of nitrogens with zero attached hydrogens (tertiary/aromatic N) is 6. The van der Waals surface area contributed by atoms with Crippen LogP contribution in [0.1, 0.15) is 40.4 Å². The van der Waals surface area contributed by atoms with Crippen molar-refractivity contribution in [1.29, 1.82) is 5.26 Å². The fourth-order valence-electron chi connectivity index (χ4n) is 12.1. The number of carboxylic acid groups (broad SMARTS) is 2. The monoisotopic (exact) mass is 1330 g/mol. The van der Waals surface area contributed by atoms with Crippen molar-refractivity contribution in [1.82, 2.24) is 18.9 Å². The third-order valence-corrected chi connectivity index (χ3v) is 18.2. The number of ether oxygens (including phenoxy) is 2. The Hall–Kier alpha value is -10.8. The topological polar surface area (TPSA) is 157 Å². The summed E-state index contributed by atoms with van der Waals surface area (Å²) in [6.45, 7) is 10.2. The molecule has 0 aliphatic heterocycles. The van der Waals surface area contributed by atoms with Crippen LogP contribution < -0.4 is 42.0 Å². The van der Waals surface area contributed by atoms with Gasteiger partial charge in [-0.1, -0.05) is 192 Å². The molecule has 24 heteroatoms. The molecule has 4 heterocycles. The summed E-state index contributed by atoms with van der Waals surface area (Å²) < 4.78 is 134. The van der Waals surface area contributed by atoms with E-state index in [0.29, 0.717) is 48.0 Å². The van der Waals surface area contributed by atoms with Gasteiger partial charge >= 0.3 is 37.7 Å². The van der Waals surface area contributed by atoms with Crippen LogP contribution in [0.2, 0.25) is 0 Å². The summed E-state index contributed by atoms with van der Waals surface area (Å²) in [6.07, 6.45) is -11.0. The quantitative estimate of drug-likeness (QED) is 0.0383. The molecular formula is C72H50B2F8N6O6S2. The van der Waals surface area contributed by atoms with E-state index in [1.165, 1.54) is 24.3 Å². The molecule has 0 fully saturated rings. The van der Waals surface area contributed by atoms with Gasteiger partial charge in [0.1, 0.15) is 46.0 Å². The van der Waals surface area contributed by atoms with E-state index in [1.54, 1.807) is 0 Å². The van der Waals surface area contributed by atoms with Crippen molar-refractivity contribution >= 4 is 113 Å². The molecule has 0 aliphatic rings. The normalized spacial score (nSPS) is 12.7. The number of aromatic nitrogens is 4. The third kappa shape index (κ3) is 13.1. The molecule has 12 rings (SSSR count). The van der Waals surface area contributed by atoms with E-state index in [4.69, 9.17) is 29.7 Å². The Morgan fingerprint density at radius 3 is 1.46 bits per heavy atom. The largest absolute Gasteiger partial charge is 0.487 e. The van der Waals surface area contributed by atoms with Crippen molar-refractivity contribution in [2.45, 2.75) is 57.0 Å². The number of thiazole rings is 2. The predicted molar refractivity (Wildman–Crippen MR) is 358 cm³/mol. The second-order valence-electron chi connectivity index (χ2n) is 22.9. The molecule has 0 saturated carbocycles. The highest BCUT2D eigenvalue weighted by Gasteiger charge is 2.50. The standard InChI is InChI=1S/C72H50B2F8N6O6S2/c1-43-20-16-18-30-51(43)62-59-60(65(88(62)74(47-26-12-6-13-27-47)48-28-14-7-15-29-48)61(84-3)67-86-54-36-49(32-34-57(54)96-67)93-42-70(77,78)40-71(79,80)68(91)92)63(52-31-19-17-21-44(52)2)87(73(45-22-8-4-9-23-45)46-24-10-5-11-25-46)64(59)53(39-83)66-85-55-37-50(33-35-56(55)95-66)94-72(81,82)41-69(75,76)38-58(89)90/h4-37H,38,40-42H2,1-2H3,(H,89,90)(H,91,92)/b64-53-,65-61+. The fourth-order valence-corrected chi connectivity index (χ4v) is 14.0. The number of carboxylic acids is 2. The molecule has 2 N–H and O–H groups in total. The van der Waals surface area contributed by atoms with Crippen molar-refractivity contribution in [3.8, 4) is 40.1 Å². The molecule has 0 unspecified atom stereocenters. The fraction of sp³-hybridized carbons (Fsp3) is 0.139. The minimum absolute atomic E-state index is 0.0131. The molecule has 12 aromatic rings. The average molecular weight is 1330 g/mol. The summed E-state index contributed by atoms with van der Waals surface area (Å²) in [4.78, 5) is 36.8. The van der Waals surface area contributed by atoms with Crippen molar-refractivity contribution in [3.05, 3.63) is 250 Å². The molecule has 0 atom stereocenters. The Labute approximate surface area is 551 Å². The minimum Gasteiger partial charge on any atom is -0.487 e. The second kappa shape index (κ2) is 26.2. The molecule has 0 bridgehead atoms. The van der Waals surface area contributed by atoms with Gasteiger partial charge in [0.05, 0.1) is 38.8 Å². The maximum absolute atomic E-state index is 15.4. The number of aryl methyl sites for hydroxylation is 2. The van der Waals surface area contributed by atoms with Gasteiger partial charge in [-0.05, 0) is 49.2 Å². The number of halogens is 8. The first-order chi connectivity index (χ1) is 45.9. The van der Waals surface area contributed by atoms with Gasteiger partial charge in [-0.15, -0.1) is 22.7 Å². The lowest BCUT2D eigenvalue weighted by atomic mass is 9.50. The van der Waals surface area contributed by atoms with Gasteiger partial charge in [0.15, 0.2) is 6.61 Å². The van der Waals surface area contributed by atoms with Crippen molar-refractivity contribution in [2.24, 2.45) is 0 Å². The van der Waals surface area contributed by atoms with Gasteiger partial charge in [0.2, 0.25) is 5.70 Å². The van der Waals surface area contributed by atoms with Crippen LogP contribution in [0.15, 0.2) is 206 Å². The molecular weight excluding hydrogens is 1280 g/mol. The molecule has 96 heavy (non-hydrogen) atoms. The van der Waals surface area contributed by atoms with Crippen molar-refractivity contribution in [3.63, 3.8) is 0 Å². The zero-order valence-electron chi connectivity index (χ0n) is 50.7. The summed E-state index contributed by atoms with van der Waals surface area (Å²) in [6, 6.07) is 64.0. The number of benzene rings is 8. The number of hydrogen-bond acceptors (Lipinski definition) is 9. The first-order valence-corrected chi connectivity index (χ1v) is 31.3. The summed E-state index contributed by atoms with van der Waals surface area (Å²) >= 11 is 2.14. The maximum atomic E-state index is 15.4. The van der Waals surface area contributed by atoms with Crippen LogP contribution in [0, 0.1) is 31.8 Å². The zero-order valence-corrected chi connectivity index (χ0v) is 52.3. The van der Waals surface area contributed by atoms with Crippen LogP contribution in [0.3, 0.4) is 0 Å². The Morgan fingerprint density at radius 1 is 0.573 bits per heavy atom. The molecule has 12 nitrogen and oxygen atoms in total. The molecule has 478 valence electrons. The van der Waals surface area contributed by atoms with Crippen molar-refractivity contribution in [2.75, 3.05) is 6.61 Å². The van der Waals surface area contributed by atoms with Crippen LogP contribution in [-0.2, 0) is 9.59 Å². The second-order valence-corrected chi connectivity index (χ2v) is 24.9. The molecule has 8 aromatic carbocycles. The number of aliphatic carboxylic acids is 2. The lowest BCUT2D eigenvalue weighted by Crippen LogP contribution is -2.54. The Kier molecular flexibility index (Phi) is 17.8. The van der Waals surface area contributed by atoms with E-state index in [0.717, 1.165) is 67.8 Å². The summed E-state index contributed by atoms with van der Waals surface area (Å²) in [5.74, 6) is -18.9. The number of rotatable bonds is 22. The van der Waals surface area contributed by atoms with Crippen molar-refractivity contribution < 1.29 is 64.4 Å². The number of fused-ring (bicyclic) bond motifs is 3. The van der Waals surface area contributed by atoms with Crippen LogP contribution in [-0.4, -0.2) is 85.3 Å². The molecule has 4 aromatic heterocycles. The summed E-state index contributed by atoms with van der Waals surface area (Å²) in [7, 11) is 0. The third-order valence-electron chi connectivity index (χ3n) is 16.1. The van der Waals surface area contributed by atoms with Crippen LogP contribution >= 0.6 is 22.7 Å². The lowest BCUT2D eigenvalue weighted by molar-refractivity contribution is -0.222. The maximum Gasteiger partial charge on any atom is 0.403 e. The zero-order chi connectivity index (χ0) is 67.8. The number of carbonyl (C=O) groups is 2. The Morgan fingerprint density at radius 2 is 1.00 bits per heavy atom. The molecule has 0 amide bonds. The van der Waals surface area contributed by atoms with Crippen LogP contribution in [0.25, 0.3) is 69.8 Å². The first-order valence-electron chi connectivity index (χ1n) is 29.7. The minimum atomic E-state index is -4.75. The molecule has 0 radical (unpaired) electrons. The van der Waals surface area contributed by atoms with Gasteiger partial charge in [-0.3, -0.25) is 4.79 Å². The highest BCUT2D eigenvalue weighted by Crippen LogP contribution is 2.42.